The molecule has 3 aromatic carbocycles. The Labute approximate surface area is 166 Å². The van der Waals surface area contributed by atoms with E-state index in [-0.39, 0.29) is 5.91 Å². The molecule has 0 saturated carbocycles. The topological polar surface area (TPSA) is 64.4 Å². The third kappa shape index (κ3) is 5.21. The third-order valence-electron chi connectivity index (χ3n) is 4.73. The highest BCUT2D eigenvalue weighted by Gasteiger charge is 2.33. The van der Waals surface area contributed by atoms with Gasteiger partial charge < -0.3 is 15.8 Å². The van der Waals surface area contributed by atoms with Crippen molar-refractivity contribution in [3.8, 4) is 5.75 Å². The molecule has 0 aliphatic carbocycles. The molecule has 0 bridgehead atoms. The van der Waals surface area contributed by atoms with Crippen LogP contribution < -0.4 is 15.8 Å². The van der Waals surface area contributed by atoms with Crippen LogP contribution in [0.3, 0.4) is 0 Å². The first-order chi connectivity index (χ1) is 13.6. The number of rotatable bonds is 8. The number of ether oxygens (including phenoxy) is 1. The number of carbonyl (C=O) groups excluding carboxylic acids is 1. The summed E-state index contributed by atoms with van der Waals surface area (Å²) >= 11 is 0. The van der Waals surface area contributed by atoms with Gasteiger partial charge in [0.25, 0.3) is 0 Å². The molecule has 0 aromatic heterocycles. The Morgan fingerprint density at radius 3 is 1.86 bits per heavy atom. The fourth-order valence-corrected chi connectivity index (χ4v) is 3.24. The fourth-order valence-electron chi connectivity index (χ4n) is 3.24. The van der Waals surface area contributed by atoms with Crippen LogP contribution in [0.4, 0.5) is 0 Å². The Hall–Kier alpha value is -3.11. The van der Waals surface area contributed by atoms with Crippen LogP contribution in [0.5, 0.6) is 5.75 Å². The molecule has 1 amide bonds. The van der Waals surface area contributed by atoms with E-state index < -0.39 is 5.54 Å². The molecular formula is C24H26N2O2. The highest BCUT2D eigenvalue weighted by Crippen LogP contribution is 2.20. The minimum Gasteiger partial charge on any atom is -0.489 e. The Morgan fingerprint density at radius 2 is 1.32 bits per heavy atom. The van der Waals surface area contributed by atoms with Gasteiger partial charge in [-0.25, -0.2) is 0 Å². The van der Waals surface area contributed by atoms with E-state index in [1.807, 2.05) is 84.9 Å². The van der Waals surface area contributed by atoms with Crippen LogP contribution in [0.1, 0.15) is 16.7 Å². The summed E-state index contributed by atoms with van der Waals surface area (Å²) in [5, 5.41) is 2.71. The maximum Gasteiger partial charge on any atom is 0.240 e. The zero-order valence-electron chi connectivity index (χ0n) is 16.1. The lowest BCUT2D eigenvalue weighted by atomic mass is 9.84. The minimum atomic E-state index is -1.01. The molecule has 0 spiro atoms. The van der Waals surface area contributed by atoms with Gasteiger partial charge in [-0.1, -0.05) is 72.8 Å². The molecule has 3 N–H and O–H groups in total. The van der Waals surface area contributed by atoms with Gasteiger partial charge in [-0.3, -0.25) is 4.79 Å². The smallest absolute Gasteiger partial charge is 0.240 e. The lowest BCUT2D eigenvalue weighted by molar-refractivity contribution is -0.125. The number of hydrogen-bond acceptors (Lipinski definition) is 3. The van der Waals surface area contributed by atoms with Gasteiger partial charge in [0.15, 0.2) is 0 Å². The summed E-state index contributed by atoms with van der Waals surface area (Å²) in [5.41, 5.74) is 8.69. The second-order valence-electron chi connectivity index (χ2n) is 6.99. The minimum absolute atomic E-state index is 0.166. The van der Waals surface area contributed by atoms with E-state index in [4.69, 9.17) is 10.5 Å². The van der Waals surface area contributed by atoms with E-state index in [0.717, 1.165) is 22.4 Å². The van der Waals surface area contributed by atoms with Gasteiger partial charge in [0.1, 0.15) is 17.9 Å². The molecule has 0 aliphatic heterocycles. The van der Waals surface area contributed by atoms with Crippen molar-refractivity contribution in [2.45, 2.75) is 25.0 Å². The fraction of sp³-hybridized carbons (Fsp3) is 0.208. The van der Waals surface area contributed by atoms with Gasteiger partial charge in [0.05, 0.1) is 0 Å². The second-order valence-corrected chi connectivity index (χ2v) is 6.99. The van der Waals surface area contributed by atoms with Crippen LogP contribution in [-0.2, 0) is 24.2 Å². The number of carbonyl (C=O) groups is 1. The largest absolute Gasteiger partial charge is 0.489 e. The molecule has 0 unspecified atom stereocenters. The number of nitrogens with two attached hydrogens (primary N) is 1. The van der Waals surface area contributed by atoms with Crippen molar-refractivity contribution in [1.29, 1.82) is 0 Å². The number of nitrogens with one attached hydrogen (secondary N) is 1. The molecule has 0 fully saturated rings. The predicted octanol–water partition coefficient (Wildman–Crippen LogP) is 3.49. The number of amides is 1. The van der Waals surface area contributed by atoms with E-state index in [9.17, 15) is 4.79 Å². The van der Waals surface area contributed by atoms with Crippen LogP contribution in [0.15, 0.2) is 84.9 Å². The van der Waals surface area contributed by atoms with Gasteiger partial charge >= 0.3 is 0 Å². The van der Waals surface area contributed by atoms with Gasteiger partial charge in [0, 0.05) is 7.05 Å². The highest BCUT2D eigenvalue weighted by molar-refractivity contribution is 5.86. The molecule has 0 aliphatic rings. The molecule has 0 radical (unpaired) electrons. The molecule has 0 saturated heterocycles. The third-order valence-corrected chi connectivity index (χ3v) is 4.73. The Morgan fingerprint density at radius 1 is 0.821 bits per heavy atom. The van der Waals surface area contributed by atoms with Gasteiger partial charge in [-0.2, -0.15) is 0 Å². The zero-order chi connectivity index (χ0) is 19.8. The molecule has 144 valence electrons. The zero-order valence-corrected chi connectivity index (χ0v) is 16.1. The van der Waals surface area contributed by atoms with Gasteiger partial charge in [-0.15, -0.1) is 0 Å². The monoisotopic (exact) mass is 374 g/mol. The van der Waals surface area contributed by atoms with Crippen molar-refractivity contribution in [3.05, 3.63) is 102 Å². The second kappa shape index (κ2) is 9.20. The van der Waals surface area contributed by atoms with E-state index in [2.05, 4.69) is 5.32 Å². The van der Waals surface area contributed by atoms with Crippen molar-refractivity contribution in [2.24, 2.45) is 5.73 Å². The highest BCUT2D eigenvalue weighted by atomic mass is 16.5. The molecule has 3 rings (SSSR count). The molecule has 28 heavy (non-hydrogen) atoms. The summed E-state index contributed by atoms with van der Waals surface area (Å²) in [6.45, 7) is 0.521. The van der Waals surface area contributed by atoms with Crippen molar-refractivity contribution < 1.29 is 9.53 Å². The van der Waals surface area contributed by atoms with Crippen LogP contribution in [0.25, 0.3) is 0 Å². The van der Waals surface area contributed by atoms with Crippen molar-refractivity contribution >= 4 is 5.91 Å². The normalized spacial score (nSPS) is 12.8. The summed E-state index contributed by atoms with van der Waals surface area (Å²) < 4.78 is 5.83. The van der Waals surface area contributed by atoms with Crippen molar-refractivity contribution in [2.75, 3.05) is 7.05 Å². The number of likely N-dealkylation sites (N-methyl/N-ethyl adjacent to an activating group) is 1. The maximum absolute atomic E-state index is 12.5. The number of hydrogen-bond donors (Lipinski definition) is 2. The van der Waals surface area contributed by atoms with Crippen LogP contribution in [-0.4, -0.2) is 18.5 Å². The number of benzene rings is 3. The standard InChI is InChI=1S/C24H26N2O2/c1-26-23(27)24(25,16-19-8-4-2-5-9-19)17-20-12-14-22(15-13-20)28-18-21-10-6-3-7-11-21/h2-15H,16-18,25H2,1H3,(H,26,27)/t24-/m1/s1. The molecule has 4 heteroatoms. The summed E-state index contributed by atoms with van der Waals surface area (Å²) in [6.07, 6.45) is 0.917. The van der Waals surface area contributed by atoms with E-state index >= 15 is 0 Å². The van der Waals surface area contributed by atoms with Crippen LogP contribution >= 0.6 is 0 Å². The lowest BCUT2D eigenvalue weighted by Gasteiger charge is -2.28. The molecule has 0 heterocycles. The first kappa shape index (κ1) is 19.6. The first-order valence-corrected chi connectivity index (χ1v) is 9.40. The van der Waals surface area contributed by atoms with Gasteiger partial charge in [0.2, 0.25) is 5.91 Å². The van der Waals surface area contributed by atoms with E-state index in [0.29, 0.717) is 19.4 Å². The van der Waals surface area contributed by atoms with E-state index in [1.54, 1.807) is 7.05 Å². The predicted molar refractivity (Wildman–Crippen MR) is 112 cm³/mol. The first-order valence-electron chi connectivity index (χ1n) is 9.40. The van der Waals surface area contributed by atoms with Gasteiger partial charge in [-0.05, 0) is 41.7 Å². The van der Waals surface area contributed by atoms with Crippen molar-refractivity contribution in [1.82, 2.24) is 5.32 Å². The average Bonchev–Trinajstić information content (AvgIpc) is 2.74. The summed E-state index contributed by atoms with van der Waals surface area (Å²) in [4.78, 5) is 12.5. The molecule has 3 aromatic rings. The summed E-state index contributed by atoms with van der Waals surface area (Å²) in [6, 6.07) is 27.7. The quantitative estimate of drug-likeness (QED) is 0.634. The molecule has 1 atom stereocenters. The lowest BCUT2D eigenvalue weighted by Crippen LogP contribution is -2.56. The Bertz CT molecular complexity index is 879. The molecular weight excluding hydrogens is 348 g/mol. The Balaban J connectivity index is 1.68. The average molecular weight is 374 g/mol. The van der Waals surface area contributed by atoms with Crippen LogP contribution in [0, 0.1) is 0 Å². The van der Waals surface area contributed by atoms with Crippen molar-refractivity contribution in [3.63, 3.8) is 0 Å². The van der Waals surface area contributed by atoms with E-state index in [1.165, 1.54) is 0 Å². The summed E-state index contributed by atoms with van der Waals surface area (Å²) in [7, 11) is 1.62. The maximum atomic E-state index is 12.5. The summed E-state index contributed by atoms with van der Waals surface area (Å²) in [5.74, 6) is 0.624. The SMILES string of the molecule is CNC(=O)[C@@](N)(Cc1ccccc1)Cc1ccc(OCc2ccccc2)cc1. The Kier molecular flexibility index (Phi) is 6.45. The van der Waals surface area contributed by atoms with Crippen LogP contribution in [0.2, 0.25) is 0 Å². The molecule has 4 nitrogen and oxygen atoms in total.